The molecular weight excluding hydrogens is 284 g/mol. The van der Waals surface area contributed by atoms with Crippen LogP contribution in [-0.2, 0) is 14.1 Å². The summed E-state index contributed by atoms with van der Waals surface area (Å²) in [7, 11) is 3.03. The lowest BCUT2D eigenvalue weighted by atomic mass is 10.2. The van der Waals surface area contributed by atoms with Gasteiger partial charge < -0.3 is 9.72 Å². The molecule has 0 aliphatic carbocycles. The summed E-state index contributed by atoms with van der Waals surface area (Å²) in [6.45, 7) is 2.48. The number of nitrogens with zero attached hydrogens (tertiary/aromatic N) is 3. The molecule has 0 unspecified atom stereocenters. The van der Waals surface area contributed by atoms with E-state index in [1.807, 2.05) is 31.2 Å². The molecule has 7 heteroatoms. The van der Waals surface area contributed by atoms with Gasteiger partial charge in [0.2, 0.25) is 0 Å². The van der Waals surface area contributed by atoms with Crippen LogP contribution in [0.25, 0.3) is 22.6 Å². The van der Waals surface area contributed by atoms with Crippen LogP contribution in [0.4, 0.5) is 0 Å². The highest BCUT2D eigenvalue weighted by Gasteiger charge is 2.14. The third-order valence-corrected chi connectivity index (χ3v) is 3.51. The molecular formula is C15H16N4O3. The molecule has 3 aromatic rings. The quantitative estimate of drug-likeness (QED) is 0.783. The maximum absolute atomic E-state index is 12.2. The topological polar surface area (TPSA) is 81.9 Å². The number of fused-ring (bicyclic) bond motifs is 1. The van der Waals surface area contributed by atoms with Gasteiger partial charge in [-0.3, -0.25) is 13.9 Å². The molecule has 0 saturated carbocycles. The van der Waals surface area contributed by atoms with Gasteiger partial charge in [-0.25, -0.2) is 9.78 Å². The molecule has 2 aromatic heterocycles. The zero-order valence-corrected chi connectivity index (χ0v) is 12.6. The van der Waals surface area contributed by atoms with Gasteiger partial charge in [-0.15, -0.1) is 0 Å². The Morgan fingerprint density at radius 2 is 2.00 bits per heavy atom. The summed E-state index contributed by atoms with van der Waals surface area (Å²) < 4.78 is 7.87. The van der Waals surface area contributed by atoms with Crippen LogP contribution in [0.1, 0.15) is 6.92 Å². The molecule has 0 radical (unpaired) electrons. The van der Waals surface area contributed by atoms with Gasteiger partial charge in [-0.1, -0.05) is 12.1 Å². The predicted molar refractivity (Wildman–Crippen MR) is 83.2 cm³/mol. The van der Waals surface area contributed by atoms with Crippen molar-refractivity contribution in [1.29, 1.82) is 0 Å². The molecule has 0 spiro atoms. The summed E-state index contributed by atoms with van der Waals surface area (Å²) >= 11 is 0. The highest BCUT2D eigenvalue weighted by atomic mass is 16.5. The first-order valence-corrected chi connectivity index (χ1v) is 6.92. The van der Waals surface area contributed by atoms with Crippen LogP contribution in [-0.4, -0.2) is 25.7 Å². The average molecular weight is 300 g/mol. The number of H-pyrrole nitrogens is 1. The smallest absolute Gasteiger partial charge is 0.332 e. The average Bonchev–Trinajstić information content (AvgIpc) is 2.97. The highest BCUT2D eigenvalue weighted by Crippen LogP contribution is 2.22. The second-order valence-electron chi connectivity index (χ2n) is 4.95. The lowest BCUT2D eigenvalue weighted by Crippen LogP contribution is -2.36. The lowest BCUT2D eigenvalue weighted by Gasteiger charge is -2.03. The molecule has 22 heavy (non-hydrogen) atoms. The summed E-state index contributed by atoms with van der Waals surface area (Å²) in [6, 6.07) is 7.40. The molecule has 0 atom stereocenters. The molecule has 0 bridgehead atoms. The first kappa shape index (κ1) is 14.1. The van der Waals surface area contributed by atoms with E-state index in [2.05, 4.69) is 9.97 Å². The fraction of sp³-hybridized carbons (Fsp3) is 0.267. The van der Waals surface area contributed by atoms with Gasteiger partial charge in [-0.05, 0) is 19.1 Å². The van der Waals surface area contributed by atoms with Crippen molar-refractivity contribution in [3.8, 4) is 17.1 Å². The van der Waals surface area contributed by atoms with Gasteiger partial charge in [0.15, 0.2) is 5.65 Å². The van der Waals surface area contributed by atoms with Crippen molar-refractivity contribution < 1.29 is 4.74 Å². The molecule has 0 fully saturated rings. The van der Waals surface area contributed by atoms with Crippen LogP contribution in [0.5, 0.6) is 5.75 Å². The molecule has 0 saturated heterocycles. The summed E-state index contributed by atoms with van der Waals surface area (Å²) in [4.78, 5) is 31.5. The maximum atomic E-state index is 12.2. The van der Waals surface area contributed by atoms with Crippen molar-refractivity contribution in [2.24, 2.45) is 14.1 Å². The Morgan fingerprint density at radius 3 is 2.73 bits per heavy atom. The van der Waals surface area contributed by atoms with Crippen molar-refractivity contribution in [3.63, 3.8) is 0 Å². The van der Waals surface area contributed by atoms with E-state index in [0.717, 1.165) is 15.9 Å². The number of nitrogens with one attached hydrogen (secondary N) is 1. The summed E-state index contributed by atoms with van der Waals surface area (Å²) in [5.41, 5.74) is 0.638. The fourth-order valence-corrected chi connectivity index (χ4v) is 2.36. The van der Waals surface area contributed by atoms with Crippen molar-refractivity contribution in [1.82, 2.24) is 19.1 Å². The van der Waals surface area contributed by atoms with Crippen LogP contribution >= 0.6 is 0 Å². The Balaban J connectivity index is 2.24. The number of imidazole rings is 1. The van der Waals surface area contributed by atoms with Gasteiger partial charge in [-0.2, -0.15) is 0 Å². The van der Waals surface area contributed by atoms with Crippen molar-refractivity contribution in [2.75, 3.05) is 6.61 Å². The maximum Gasteiger partial charge on any atom is 0.332 e. The van der Waals surface area contributed by atoms with Crippen molar-refractivity contribution in [2.45, 2.75) is 6.92 Å². The minimum atomic E-state index is -0.404. The molecule has 1 aromatic carbocycles. The zero-order chi connectivity index (χ0) is 15.9. The molecule has 2 heterocycles. The van der Waals surface area contributed by atoms with Crippen LogP contribution in [0, 0.1) is 0 Å². The van der Waals surface area contributed by atoms with Crippen molar-refractivity contribution >= 4 is 11.2 Å². The number of aryl methyl sites for hydroxylation is 1. The van der Waals surface area contributed by atoms with E-state index in [1.165, 1.54) is 11.6 Å². The molecule has 0 aliphatic heterocycles. The van der Waals surface area contributed by atoms with Crippen molar-refractivity contribution in [3.05, 3.63) is 45.1 Å². The molecule has 0 aliphatic rings. The monoisotopic (exact) mass is 300 g/mol. The number of hydrogen-bond acceptors (Lipinski definition) is 4. The fourth-order valence-electron chi connectivity index (χ4n) is 2.36. The Hall–Kier alpha value is -2.83. The van der Waals surface area contributed by atoms with Gasteiger partial charge >= 0.3 is 5.69 Å². The number of aromatic nitrogens is 4. The molecule has 1 N–H and O–H groups in total. The first-order chi connectivity index (χ1) is 10.5. The highest BCUT2D eigenvalue weighted by molar-refractivity contribution is 5.75. The van der Waals surface area contributed by atoms with Crippen LogP contribution in [0.3, 0.4) is 0 Å². The Morgan fingerprint density at radius 1 is 1.23 bits per heavy atom. The van der Waals surface area contributed by atoms with Gasteiger partial charge in [0, 0.05) is 19.7 Å². The minimum Gasteiger partial charge on any atom is -0.494 e. The standard InChI is InChI=1S/C15H16N4O3/c1-4-22-10-7-5-6-9(8-10)12-16-11-13(17-12)18(2)15(21)19(3)14(11)20/h5-8H,4H2,1-3H3,(H,16,17). The van der Waals surface area contributed by atoms with E-state index < -0.39 is 11.2 Å². The molecule has 7 nitrogen and oxygen atoms in total. The SMILES string of the molecule is CCOc1cccc(-c2nc3c([nH]2)c(=O)n(C)c(=O)n3C)c1. The van der Waals surface area contributed by atoms with Crippen LogP contribution in [0.15, 0.2) is 33.9 Å². The van der Waals surface area contributed by atoms with E-state index >= 15 is 0 Å². The number of hydrogen-bond donors (Lipinski definition) is 1. The van der Waals surface area contributed by atoms with E-state index in [-0.39, 0.29) is 0 Å². The normalized spacial score (nSPS) is 11.0. The molecule has 114 valence electrons. The van der Waals surface area contributed by atoms with Gasteiger partial charge in [0.1, 0.15) is 17.1 Å². The van der Waals surface area contributed by atoms with Gasteiger partial charge in [0.05, 0.1) is 6.61 Å². The minimum absolute atomic E-state index is 0.307. The molecule has 0 amide bonds. The zero-order valence-electron chi connectivity index (χ0n) is 12.6. The van der Waals surface area contributed by atoms with Gasteiger partial charge in [0.25, 0.3) is 5.56 Å². The number of aromatic amines is 1. The number of ether oxygens (including phenoxy) is 1. The Bertz CT molecular complexity index is 965. The van der Waals surface area contributed by atoms with Crippen LogP contribution < -0.4 is 16.0 Å². The van der Waals surface area contributed by atoms with E-state index in [0.29, 0.717) is 23.6 Å². The number of rotatable bonds is 3. The largest absolute Gasteiger partial charge is 0.494 e. The molecule has 3 rings (SSSR count). The third-order valence-electron chi connectivity index (χ3n) is 3.51. The third kappa shape index (κ3) is 2.11. The predicted octanol–water partition coefficient (Wildman–Crippen LogP) is 1.03. The summed E-state index contributed by atoms with van der Waals surface area (Å²) in [6.07, 6.45) is 0. The Labute approximate surface area is 125 Å². The summed E-state index contributed by atoms with van der Waals surface area (Å²) in [5.74, 6) is 1.25. The van der Waals surface area contributed by atoms with E-state index in [4.69, 9.17) is 4.74 Å². The number of benzene rings is 1. The lowest BCUT2D eigenvalue weighted by molar-refractivity contribution is 0.340. The van der Waals surface area contributed by atoms with E-state index in [1.54, 1.807) is 7.05 Å². The van der Waals surface area contributed by atoms with Crippen LogP contribution in [0.2, 0.25) is 0 Å². The summed E-state index contributed by atoms with van der Waals surface area (Å²) in [5, 5.41) is 0. The first-order valence-electron chi connectivity index (χ1n) is 6.92. The van der Waals surface area contributed by atoms with E-state index in [9.17, 15) is 9.59 Å². The Kier molecular flexibility index (Phi) is 3.32. The second-order valence-corrected chi connectivity index (χ2v) is 4.95. The second kappa shape index (κ2) is 5.18.